The van der Waals surface area contributed by atoms with E-state index in [4.69, 9.17) is 29.0 Å². The van der Waals surface area contributed by atoms with Gasteiger partial charge in [-0.2, -0.15) is 4.98 Å². The van der Waals surface area contributed by atoms with Crippen molar-refractivity contribution in [3.8, 4) is 11.6 Å². The van der Waals surface area contributed by atoms with E-state index in [1.807, 2.05) is 39.2 Å². The second-order valence-corrected chi connectivity index (χ2v) is 9.77. The minimum absolute atomic E-state index is 0.219. The zero-order valence-electron chi connectivity index (χ0n) is 23.2. The first kappa shape index (κ1) is 28.9. The third kappa shape index (κ3) is 5.91. The van der Waals surface area contributed by atoms with Crippen LogP contribution >= 0.6 is 0 Å². The van der Waals surface area contributed by atoms with Crippen LogP contribution in [0.4, 0.5) is 5.95 Å². The molecule has 4 atom stereocenters. The summed E-state index contributed by atoms with van der Waals surface area (Å²) >= 11 is 0. The van der Waals surface area contributed by atoms with E-state index in [1.54, 1.807) is 25.3 Å². The first-order chi connectivity index (χ1) is 19.2. The van der Waals surface area contributed by atoms with Crippen molar-refractivity contribution in [3.05, 3.63) is 41.1 Å². The van der Waals surface area contributed by atoms with Gasteiger partial charge in [0.05, 0.1) is 38.0 Å². The molecule has 1 aromatic carbocycles. The van der Waals surface area contributed by atoms with Crippen molar-refractivity contribution < 1.29 is 38.4 Å². The number of Topliss-reactive ketones (excluding diaryl/α,β-unsaturated/α-hetero) is 1. The highest BCUT2D eigenvalue weighted by Gasteiger charge is 2.47. The molecule has 2 heterocycles. The van der Waals surface area contributed by atoms with Gasteiger partial charge >= 0.3 is 11.9 Å². The maximum atomic E-state index is 12.6. The number of carbonyl (C=O) groups excluding carboxylic acids is 2. The molecule has 0 spiro atoms. The van der Waals surface area contributed by atoms with Gasteiger partial charge in [-0.3, -0.25) is 14.6 Å². The topological polar surface area (TPSA) is 150 Å². The molecular weight excluding hydrogens is 520 g/mol. The first-order valence-electron chi connectivity index (χ1n) is 13.1. The number of aromatic nitrogens is 2. The van der Waals surface area contributed by atoms with E-state index in [-0.39, 0.29) is 12.0 Å². The predicted molar refractivity (Wildman–Crippen MR) is 144 cm³/mol. The highest BCUT2D eigenvalue weighted by atomic mass is 16.6. The molecule has 214 valence electrons. The van der Waals surface area contributed by atoms with Crippen molar-refractivity contribution >= 4 is 29.4 Å². The van der Waals surface area contributed by atoms with Crippen LogP contribution in [-0.4, -0.2) is 91.7 Å². The Morgan fingerprint density at radius 1 is 1.07 bits per heavy atom. The van der Waals surface area contributed by atoms with E-state index in [1.165, 1.54) is 0 Å². The summed E-state index contributed by atoms with van der Waals surface area (Å²) < 4.78 is 22.9. The lowest BCUT2D eigenvalue weighted by Crippen LogP contribution is -2.49. The standard InChI is InChI=1S/C28H34N4O8/c1-6-39-25-21(40-27(36)20(33)10-12-22(34)35)11-9-19-23(25)16-8-7-15(37-4)13-17(16)24(30-19)18-14-29-28(32(2)3)31-26(18)38-5/h7-8,13-14,19,21,23,25H,6,9-12H2,1-5H3,(H,34,35)/t19-,21-,23-,25?/m1/s1. The van der Waals surface area contributed by atoms with Crippen molar-refractivity contribution in [2.45, 2.75) is 56.8 Å². The molecule has 2 aromatic rings. The molecule has 1 unspecified atom stereocenters. The first-order valence-corrected chi connectivity index (χ1v) is 13.1. The van der Waals surface area contributed by atoms with Gasteiger partial charge in [0.15, 0.2) is 0 Å². The molecule has 40 heavy (non-hydrogen) atoms. The quantitative estimate of drug-likeness (QED) is 0.322. The van der Waals surface area contributed by atoms with Gasteiger partial charge < -0.3 is 29.0 Å². The molecule has 12 heteroatoms. The molecule has 2 aliphatic rings. The number of ketones is 1. The molecule has 0 saturated heterocycles. The fourth-order valence-corrected chi connectivity index (χ4v) is 5.21. The number of hydrogen-bond acceptors (Lipinski definition) is 11. The van der Waals surface area contributed by atoms with Gasteiger partial charge in [0.2, 0.25) is 17.6 Å². The van der Waals surface area contributed by atoms with E-state index < -0.39 is 42.8 Å². The van der Waals surface area contributed by atoms with Gasteiger partial charge in [0.25, 0.3) is 0 Å². The van der Waals surface area contributed by atoms with Crippen molar-refractivity contribution in [3.63, 3.8) is 0 Å². The molecule has 0 bridgehead atoms. The Balaban J connectivity index is 1.73. The number of aliphatic imine (C=N–C) groups is 1. The summed E-state index contributed by atoms with van der Waals surface area (Å²) in [5.41, 5.74) is 3.00. The fourth-order valence-electron chi connectivity index (χ4n) is 5.21. The highest BCUT2D eigenvalue weighted by molar-refractivity contribution is 6.33. The third-order valence-electron chi connectivity index (χ3n) is 7.05. The van der Waals surface area contributed by atoms with Crippen LogP contribution in [0.5, 0.6) is 11.6 Å². The van der Waals surface area contributed by atoms with E-state index in [0.717, 1.165) is 11.1 Å². The minimum Gasteiger partial charge on any atom is -0.497 e. The zero-order valence-corrected chi connectivity index (χ0v) is 23.2. The number of anilines is 1. The van der Waals surface area contributed by atoms with E-state index in [9.17, 15) is 14.4 Å². The number of benzene rings is 1. The van der Waals surface area contributed by atoms with Crippen LogP contribution in [0.3, 0.4) is 0 Å². The average Bonchev–Trinajstić information content (AvgIpc) is 2.95. The van der Waals surface area contributed by atoms with Gasteiger partial charge in [0, 0.05) is 44.8 Å². The van der Waals surface area contributed by atoms with Crippen LogP contribution in [-0.2, 0) is 23.9 Å². The van der Waals surface area contributed by atoms with Crippen LogP contribution in [0.1, 0.15) is 55.2 Å². The van der Waals surface area contributed by atoms with Crippen LogP contribution in [0.2, 0.25) is 0 Å². The van der Waals surface area contributed by atoms with Crippen molar-refractivity contribution in [1.82, 2.24) is 9.97 Å². The van der Waals surface area contributed by atoms with Gasteiger partial charge in [0.1, 0.15) is 18.0 Å². The number of fused-ring (bicyclic) bond motifs is 3. The number of rotatable bonds is 11. The van der Waals surface area contributed by atoms with Crippen LogP contribution < -0.4 is 14.4 Å². The molecular formula is C28H34N4O8. The number of ether oxygens (including phenoxy) is 4. The summed E-state index contributed by atoms with van der Waals surface area (Å²) in [7, 11) is 6.82. The van der Waals surface area contributed by atoms with Crippen LogP contribution in [0, 0.1) is 0 Å². The lowest BCUT2D eigenvalue weighted by atomic mass is 9.72. The fraction of sp³-hybridized carbons (Fsp3) is 0.500. The smallest absolute Gasteiger partial charge is 0.374 e. The average molecular weight is 555 g/mol. The van der Waals surface area contributed by atoms with E-state index in [2.05, 4.69) is 9.97 Å². The Kier molecular flexibility index (Phi) is 8.98. The summed E-state index contributed by atoms with van der Waals surface area (Å²) in [4.78, 5) is 51.6. The summed E-state index contributed by atoms with van der Waals surface area (Å²) in [5.74, 6) is -1.85. The summed E-state index contributed by atoms with van der Waals surface area (Å²) in [6, 6.07) is 5.48. The van der Waals surface area contributed by atoms with Gasteiger partial charge in [-0.05, 0) is 37.5 Å². The predicted octanol–water partition coefficient (Wildman–Crippen LogP) is 2.41. The Morgan fingerprint density at radius 3 is 2.50 bits per heavy atom. The van der Waals surface area contributed by atoms with E-state index >= 15 is 0 Å². The van der Waals surface area contributed by atoms with Gasteiger partial charge in [-0.1, -0.05) is 6.07 Å². The molecule has 1 aromatic heterocycles. The Bertz CT molecular complexity index is 1310. The molecule has 1 N–H and O–H groups in total. The zero-order chi connectivity index (χ0) is 29.0. The Labute approximate surface area is 232 Å². The monoisotopic (exact) mass is 554 g/mol. The number of esters is 1. The second-order valence-electron chi connectivity index (χ2n) is 9.77. The lowest BCUT2D eigenvalue weighted by Gasteiger charge is -2.43. The minimum atomic E-state index is -1.16. The van der Waals surface area contributed by atoms with Crippen molar-refractivity contribution in [2.24, 2.45) is 4.99 Å². The maximum absolute atomic E-state index is 12.6. The normalized spacial score (nSPS) is 21.4. The summed E-state index contributed by atoms with van der Waals surface area (Å²) in [5, 5.41) is 8.85. The van der Waals surface area contributed by atoms with Gasteiger partial charge in [-0.15, -0.1) is 0 Å². The highest BCUT2D eigenvalue weighted by Crippen LogP contribution is 2.45. The van der Waals surface area contributed by atoms with E-state index in [0.29, 0.717) is 48.3 Å². The molecule has 12 nitrogen and oxygen atoms in total. The molecule has 1 fully saturated rings. The summed E-state index contributed by atoms with van der Waals surface area (Å²) in [6.07, 6.45) is 0.535. The number of carboxylic acid groups (broad SMARTS) is 1. The largest absolute Gasteiger partial charge is 0.497 e. The van der Waals surface area contributed by atoms with Crippen molar-refractivity contribution in [2.75, 3.05) is 39.8 Å². The van der Waals surface area contributed by atoms with Crippen molar-refractivity contribution in [1.29, 1.82) is 0 Å². The molecule has 0 radical (unpaired) electrons. The van der Waals surface area contributed by atoms with Crippen LogP contribution in [0.25, 0.3) is 0 Å². The number of aliphatic carboxylic acids is 1. The Morgan fingerprint density at radius 2 is 1.85 bits per heavy atom. The molecule has 1 saturated carbocycles. The molecule has 0 amide bonds. The SMILES string of the molecule is CCOC1[C@H](OC(=O)C(=O)CCC(=O)O)CC[C@H]2N=C(c3cnc(N(C)C)nc3OC)c3cc(OC)ccc3[C@@H]12. The second kappa shape index (κ2) is 12.4. The van der Waals surface area contributed by atoms with Crippen LogP contribution in [0.15, 0.2) is 29.4 Å². The number of hydrogen-bond donors (Lipinski definition) is 1. The maximum Gasteiger partial charge on any atom is 0.374 e. The molecule has 4 rings (SSSR count). The van der Waals surface area contributed by atoms with Gasteiger partial charge in [-0.25, -0.2) is 9.78 Å². The number of methoxy groups -OCH3 is 2. The Hall–Kier alpha value is -4.06. The number of nitrogens with zero attached hydrogens (tertiary/aromatic N) is 4. The lowest BCUT2D eigenvalue weighted by molar-refractivity contribution is -0.168. The molecule has 1 aliphatic heterocycles. The number of carboxylic acids is 1. The number of carbonyl (C=O) groups is 3. The molecule has 1 aliphatic carbocycles. The summed E-state index contributed by atoms with van der Waals surface area (Å²) in [6.45, 7) is 2.20. The third-order valence-corrected chi connectivity index (χ3v) is 7.05.